The molecule has 27 heavy (non-hydrogen) atoms. The van der Waals surface area contributed by atoms with Crippen LogP contribution in [0.1, 0.15) is 48.7 Å². The Hall–Kier alpha value is -2.99. The van der Waals surface area contributed by atoms with Gasteiger partial charge in [-0.05, 0) is 50.6 Å². The lowest BCUT2D eigenvalue weighted by Gasteiger charge is -2.10. The second-order valence-electron chi connectivity index (χ2n) is 6.42. The van der Waals surface area contributed by atoms with Gasteiger partial charge in [0.2, 0.25) is 5.89 Å². The Balaban J connectivity index is 1.61. The molecular formula is C21H22N2O4. The standard InChI is InChI=1S/C21H22N2O4/c1-14(2)25-13-16-9-11-18(12-10-16)21(24)26-15(3)19-22-23-20(27-19)17-7-5-4-6-8-17/h4-12,14-15H,13H2,1-3H3/t15-/m0/s1. The molecule has 0 fully saturated rings. The van der Waals surface area contributed by atoms with Crippen molar-refractivity contribution in [3.05, 3.63) is 71.6 Å². The molecule has 6 heteroatoms. The first-order valence-corrected chi connectivity index (χ1v) is 8.83. The van der Waals surface area contributed by atoms with Gasteiger partial charge in [0.05, 0.1) is 18.3 Å². The zero-order chi connectivity index (χ0) is 19.2. The van der Waals surface area contributed by atoms with Crippen LogP contribution in [0.2, 0.25) is 0 Å². The number of carbonyl (C=O) groups excluding carboxylic acids is 1. The lowest BCUT2D eigenvalue weighted by Crippen LogP contribution is -2.10. The van der Waals surface area contributed by atoms with Gasteiger partial charge in [-0.3, -0.25) is 0 Å². The summed E-state index contributed by atoms with van der Waals surface area (Å²) < 4.78 is 16.6. The summed E-state index contributed by atoms with van der Waals surface area (Å²) in [5.74, 6) is 0.199. The minimum atomic E-state index is -0.647. The first-order valence-electron chi connectivity index (χ1n) is 8.83. The molecular weight excluding hydrogens is 344 g/mol. The monoisotopic (exact) mass is 366 g/mol. The Kier molecular flexibility index (Phi) is 5.98. The van der Waals surface area contributed by atoms with Gasteiger partial charge in [-0.2, -0.15) is 0 Å². The highest BCUT2D eigenvalue weighted by Crippen LogP contribution is 2.23. The number of esters is 1. The van der Waals surface area contributed by atoms with E-state index >= 15 is 0 Å². The molecule has 6 nitrogen and oxygen atoms in total. The molecule has 0 radical (unpaired) electrons. The van der Waals surface area contributed by atoms with Crippen molar-refractivity contribution in [3.8, 4) is 11.5 Å². The number of carbonyl (C=O) groups is 1. The van der Waals surface area contributed by atoms with E-state index < -0.39 is 12.1 Å². The highest BCUT2D eigenvalue weighted by Gasteiger charge is 2.20. The fourth-order valence-corrected chi connectivity index (χ4v) is 2.38. The number of hydrogen-bond acceptors (Lipinski definition) is 6. The topological polar surface area (TPSA) is 74.5 Å². The van der Waals surface area contributed by atoms with E-state index in [1.54, 1.807) is 19.1 Å². The minimum absolute atomic E-state index is 0.158. The molecule has 0 amide bonds. The summed E-state index contributed by atoms with van der Waals surface area (Å²) in [5, 5.41) is 8.00. The maximum Gasteiger partial charge on any atom is 0.338 e. The Bertz CT molecular complexity index is 873. The number of ether oxygens (including phenoxy) is 2. The number of benzene rings is 2. The summed E-state index contributed by atoms with van der Waals surface area (Å²) >= 11 is 0. The summed E-state index contributed by atoms with van der Waals surface area (Å²) in [5.41, 5.74) is 2.27. The van der Waals surface area contributed by atoms with Gasteiger partial charge in [0.1, 0.15) is 0 Å². The van der Waals surface area contributed by atoms with Gasteiger partial charge in [0.25, 0.3) is 5.89 Å². The van der Waals surface area contributed by atoms with Crippen LogP contribution in [-0.4, -0.2) is 22.3 Å². The van der Waals surface area contributed by atoms with Crippen molar-refractivity contribution >= 4 is 5.97 Å². The average Bonchev–Trinajstić information content (AvgIpc) is 3.18. The van der Waals surface area contributed by atoms with Gasteiger partial charge in [-0.1, -0.05) is 30.3 Å². The fraction of sp³-hybridized carbons (Fsp3) is 0.286. The summed E-state index contributed by atoms with van der Waals surface area (Å²) in [6.45, 7) is 6.17. The molecule has 0 aliphatic rings. The van der Waals surface area contributed by atoms with E-state index in [2.05, 4.69) is 10.2 Å². The van der Waals surface area contributed by atoms with Crippen LogP contribution in [0.3, 0.4) is 0 Å². The largest absolute Gasteiger partial charge is 0.449 e. The summed E-state index contributed by atoms with van der Waals surface area (Å²) in [4.78, 5) is 12.3. The molecule has 0 bridgehead atoms. The molecule has 0 unspecified atom stereocenters. The van der Waals surface area contributed by atoms with Crippen LogP contribution < -0.4 is 0 Å². The predicted octanol–water partition coefficient (Wildman–Crippen LogP) is 4.58. The third-order valence-electron chi connectivity index (χ3n) is 3.87. The van der Waals surface area contributed by atoms with Crippen molar-refractivity contribution in [1.29, 1.82) is 0 Å². The summed E-state index contributed by atoms with van der Waals surface area (Å²) in [6, 6.07) is 16.6. The highest BCUT2D eigenvalue weighted by molar-refractivity contribution is 5.89. The Morgan fingerprint density at radius 2 is 1.70 bits per heavy atom. The quantitative estimate of drug-likeness (QED) is 0.570. The molecule has 0 aliphatic carbocycles. The van der Waals surface area contributed by atoms with Crippen LogP contribution in [0.4, 0.5) is 0 Å². The van der Waals surface area contributed by atoms with Crippen molar-refractivity contribution < 1.29 is 18.7 Å². The van der Waals surface area contributed by atoms with Crippen molar-refractivity contribution in [3.63, 3.8) is 0 Å². The summed E-state index contributed by atoms with van der Waals surface area (Å²) in [6.07, 6.45) is -0.489. The molecule has 0 spiro atoms. The number of rotatable bonds is 7. The Labute approximate surface area is 158 Å². The van der Waals surface area contributed by atoms with Crippen LogP contribution in [-0.2, 0) is 16.1 Å². The second kappa shape index (κ2) is 8.60. The van der Waals surface area contributed by atoms with Gasteiger partial charge in [-0.25, -0.2) is 4.79 Å². The van der Waals surface area contributed by atoms with Crippen molar-refractivity contribution in [2.75, 3.05) is 0 Å². The lowest BCUT2D eigenvalue weighted by molar-refractivity contribution is 0.0279. The third kappa shape index (κ3) is 5.01. The van der Waals surface area contributed by atoms with E-state index in [0.717, 1.165) is 11.1 Å². The molecule has 0 aliphatic heterocycles. The number of hydrogen-bond donors (Lipinski definition) is 0. The van der Waals surface area contributed by atoms with Crippen LogP contribution in [0, 0.1) is 0 Å². The van der Waals surface area contributed by atoms with Crippen LogP contribution >= 0.6 is 0 Å². The third-order valence-corrected chi connectivity index (χ3v) is 3.87. The fourth-order valence-electron chi connectivity index (χ4n) is 2.38. The van der Waals surface area contributed by atoms with Gasteiger partial charge < -0.3 is 13.9 Å². The molecule has 0 saturated carbocycles. The molecule has 0 saturated heterocycles. The van der Waals surface area contributed by atoms with E-state index in [9.17, 15) is 4.79 Å². The molecule has 2 aromatic carbocycles. The van der Waals surface area contributed by atoms with E-state index in [0.29, 0.717) is 18.1 Å². The minimum Gasteiger partial charge on any atom is -0.449 e. The lowest BCUT2D eigenvalue weighted by atomic mass is 10.1. The Morgan fingerprint density at radius 3 is 2.37 bits per heavy atom. The second-order valence-corrected chi connectivity index (χ2v) is 6.42. The molecule has 3 rings (SSSR count). The first-order chi connectivity index (χ1) is 13.0. The van der Waals surface area contributed by atoms with Gasteiger partial charge in [0.15, 0.2) is 6.10 Å². The highest BCUT2D eigenvalue weighted by atomic mass is 16.6. The average molecular weight is 366 g/mol. The van der Waals surface area contributed by atoms with Crippen molar-refractivity contribution in [2.45, 2.75) is 39.6 Å². The van der Waals surface area contributed by atoms with Gasteiger partial charge in [-0.15, -0.1) is 10.2 Å². The zero-order valence-electron chi connectivity index (χ0n) is 15.6. The van der Waals surface area contributed by atoms with Crippen LogP contribution in [0.25, 0.3) is 11.5 Å². The number of nitrogens with zero attached hydrogens (tertiary/aromatic N) is 2. The molecule has 1 heterocycles. The number of aromatic nitrogens is 2. The maximum absolute atomic E-state index is 12.3. The van der Waals surface area contributed by atoms with Crippen LogP contribution in [0.5, 0.6) is 0 Å². The zero-order valence-corrected chi connectivity index (χ0v) is 15.6. The molecule has 1 aromatic heterocycles. The van der Waals surface area contributed by atoms with E-state index in [4.69, 9.17) is 13.9 Å². The SMILES string of the molecule is CC(C)OCc1ccc(C(=O)O[C@@H](C)c2nnc(-c3ccccc3)o2)cc1. The molecule has 0 N–H and O–H groups in total. The van der Waals surface area contributed by atoms with Gasteiger partial charge in [0, 0.05) is 5.56 Å². The van der Waals surface area contributed by atoms with Crippen LogP contribution in [0.15, 0.2) is 59.0 Å². The Morgan fingerprint density at radius 1 is 1.00 bits per heavy atom. The van der Waals surface area contributed by atoms with Crippen molar-refractivity contribution in [2.24, 2.45) is 0 Å². The summed E-state index contributed by atoms with van der Waals surface area (Å²) in [7, 11) is 0. The van der Waals surface area contributed by atoms with E-state index in [1.807, 2.05) is 56.3 Å². The van der Waals surface area contributed by atoms with Gasteiger partial charge >= 0.3 is 5.97 Å². The maximum atomic E-state index is 12.3. The molecule has 140 valence electrons. The normalized spacial score (nSPS) is 12.1. The van der Waals surface area contributed by atoms with Crippen molar-refractivity contribution in [1.82, 2.24) is 10.2 Å². The molecule has 1 atom stereocenters. The van der Waals surface area contributed by atoms with E-state index in [1.165, 1.54) is 0 Å². The predicted molar refractivity (Wildman–Crippen MR) is 99.9 cm³/mol. The first kappa shape index (κ1) is 18.8. The van der Waals surface area contributed by atoms with E-state index in [-0.39, 0.29) is 12.0 Å². The molecule has 3 aromatic rings. The smallest absolute Gasteiger partial charge is 0.338 e.